The zero-order valence-corrected chi connectivity index (χ0v) is 33.9. The number of amides is 2. The normalized spacial score (nSPS) is 17.4. The van der Waals surface area contributed by atoms with Gasteiger partial charge >= 0.3 is 6.09 Å². The molecule has 5 rings (SSSR count). The smallest absolute Gasteiger partial charge is 0.407 e. The second-order valence-corrected chi connectivity index (χ2v) is 18.5. The topological polar surface area (TPSA) is 152 Å². The summed E-state index contributed by atoms with van der Waals surface area (Å²) >= 11 is -0.876. The number of likely N-dealkylation sites (tertiary alicyclic amines) is 1. The van der Waals surface area contributed by atoms with Crippen molar-refractivity contribution in [1.82, 2.24) is 29.6 Å². The zero-order chi connectivity index (χ0) is 37.2. The summed E-state index contributed by atoms with van der Waals surface area (Å²) in [7, 11) is 0.732. The summed E-state index contributed by atoms with van der Waals surface area (Å²) in [4.78, 5) is 25.1. The number of nitrogens with zero attached hydrogens (tertiary/aromatic N) is 4. The molecule has 1 aromatic heterocycles. The third kappa shape index (κ3) is 12.6. The maximum atomic E-state index is 13.5. The Labute approximate surface area is 315 Å². The lowest BCUT2D eigenvalue weighted by Gasteiger charge is -2.38. The van der Waals surface area contributed by atoms with Crippen LogP contribution in [0.5, 0.6) is 0 Å². The predicted molar refractivity (Wildman–Crippen MR) is 211 cm³/mol. The van der Waals surface area contributed by atoms with Crippen molar-refractivity contribution < 1.29 is 21.6 Å². The summed E-state index contributed by atoms with van der Waals surface area (Å²) < 4.78 is 33.2. The predicted octanol–water partition coefficient (Wildman–Crippen LogP) is 5.66. The first-order valence-electron chi connectivity index (χ1n) is 17.8. The van der Waals surface area contributed by atoms with Crippen molar-refractivity contribution in [3.63, 3.8) is 0 Å². The molecule has 3 heterocycles. The van der Waals surface area contributed by atoms with Gasteiger partial charge in [-0.1, -0.05) is 32.0 Å². The molecule has 1 unspecified atom stereocenters. The lowest BCUT2D eigenvalue weighted by Crippen LogP contribution is -2.46. The number of carbonyl (C=O) groups is 2. The van der Waals surface area contributed by atoms with E-state index in [0.717, 1.165) is 67.5 Å². The third-order valence-corrected chi connectivity index (χ3v) is 11.7. The van der Waals surface area contributed by atoms with E-state index in [9.17, 15) is 16.9 Å². The average Bonchev–Trinajstić information content (AvgIpc) is 3.36. The summed E-state index contributed by atoms with van der Waals surface area (Å²) in [6.45, 7) is 15.4. The van der Waals surface area contributed by atoms with Crippen molar-refractivity contribution in [2.24, 2.45) is 12.5 Å². The van der Waals surface area contributed by atoms with Crippen LogP contribution in [0.2, 0.25) is 0 Å². The molecule has 0 spiro atoms. The van der Waals surface area contributed by atoms with Gasteiger partial charge in [-0.15, -0.1) is 0 Å². The number of nitrogens with two attached hydrogens (primary N) is 1. The lowest BCUT2D eigenvalue weighted by atomic mass is 9.83. The first kappa shape index (κ1) is 40.8. The Hall–Kier alpha value is -2.95. The van der Waals surface area contributed by atoms with E-state index >= 15 is 0 Å². The fourth-order valence-corrected chi connectivity index (χ4v) is 8.72. The number of alkyl halides is 1. The number of nitrogen functional groups attached to an aromatic ring is 1. The maximum absolute atomic E-state index is 13.5. The summed E-state index contributed by atoms with van der Waals surface area (Å²) in [5.41, 5.74) is 9.33. The lowest BCUT2D eigenvalue weighted by molar-refractivity contribution is -0.109. The number of fused-ring (bicyclic) bond motifs is 1. The number of aryl methyl sites for hydroxylation is 1. The van der Waals surface area contributed by atoms with Gasteiger partial charge in [0.25, 0.3) is 0 Å². The SMILES string of the molecule is Cn1nc(N)c2ccc(C3CCN(CC(C)(C)Cc4cccc(S(=O)N5CCC(NC(=O)OC(C)(C)C)CC5)c4)CC3)cc21.O=CNCCI=O. The standard InChI is InChI=1S/C34H50N6O3S.C3H6INO2/c1-33(2,3)43-32(41)36-27-14-18-40(19-15-27)44(42)28-9-7-8-24(20-28)22-34(4,5)23-39-16-12-25(13-17-39)26-10-11-29-30(21-26)38(6)37-31(29)35;6-3-5-2-1-4-7/h7-11,20-21,25,27H,12-19,22-23H2,1-6H3,(H2,35,37)(H,36,41);3H,1-2H2,(H,5,6). The molecule has 12 nitrogen and oxygen atoms in total. The second kappa shape index (κ2) is 18.7. The number of nitrogens with one attached hydrogen (secondary N) is 2. The molecule has 2 aliphatic rings. The van der Waals surface area contributed by atoms with Crippen LogP contribution < -0.4 is 16.4 Å². The number of carbonyl (C=O) groups excluding carboxylic acids is 2. The van der Waals surface area contributed by atoms with E-state index in [1.807, 2.05) is 48.9 Å². The molecule has 2 fully saturated rings. The Morgan fingerprint density at radius 2 is 1.76 bits per heavy atom. The van der Waals surface area contributed by atoms with Crippen molar-refractivity contribution in [3.05, 3.63) is 53.6 Å². The summed E-state index contributed by atoms with van der Waals surface area (Å²) in [6.07, 6.45) is 4.95. The highest BCUT2D eigenvalue weighted by Crippen LogP contribution is 2.33. The van der Waals surface area contributed by atoms with Crippen LogP contribution in [-0.4, -0.2) is 91.0 Å². The molecule has 51 heavy (non-hydrogen) atoms. The van der Waals surface area contributed by atoms with Gasteiger partial charge in [0, 0.05) is 49.1 Å². The van der Waals surface area contributed by atoms with Crippen molar-refractivity contribution in [2.45, 2.75) is 89.2 Å². The number of hydrogen-bond donors (Lipinski definition) is 3. The van der Waals surface area contributed by atoms with Gasteiger partial charge in [0.15, 0.2) is 5.82 Å². The molecule has 0 aliphatic carbocycles. The molecule has 3 aromatic rings. The highest BCUT2D eigenvalue weighted by Gasteiger charge is 2.29. The van der Waals surface area contributed by atoms with Crippen LogP contribution in [0.1, 0.15) is 77.3 Å². The Balaban J connectivity index is 0.000000755. The molecule has 2 aromatic carbocycles. The highest BCUT2D eigenvalue weighted by atomic mass is 127. The van der Waals surface area contributed by atoms with Gasteiger partial charge in [0.2, 0.25) is 6.41 Å². The summed E-state index contributed by atoms with van der Waals surface area (Å²) in [5.74, 6) is 1.15. The van der Waals surface area contributed by atoms with E-state index in [-0.39, 0.29) is 17.6 Å². The highest BCUT2D eigenvalue weighted by molar-refractivity contribution is 14.1. The molecular weight excluding hydrogens is 781 g/mol. The van der Waals surface area contributed by atoms with Gasteiger partial charge in [-0.2, -0.15) is 5.10 Å². The fraction of sp³-hybridized carbons (Fsp3) is 0.595. The molecule has 14 heteroatoms. The van der Waals surface area contributed by atoms with Gasteiger partial charge in [-0.05, 0) is 113 Å². The molecule has 282 valence electrons. The minimum Gasteiger partial charge on any atom is -0.444 e. The van der Waals surface area contributed by atoms with E-state index in [0.29, 0.717) is 42.2 Å². The number of ether oxygens (including phenoxy) is 1. The molecule has 4 N–H and O–H groups in total. The second-order valence-electron chi connectivity index (χ2n) is 15.3. The molecular formula is C37H56IN7O5S. The Kier molecular flexibility index (Phi) is 15.0. The number of hydrogen-bond acceptors (Lipinski definition) is 8. The number of alkyl carbamates (subject to hydrolysis) is 1. The molecule has 2 saturated heterocycles. The van der Waals surface area contributed by atoms with Gasteiger partial charge in [-0.25, -0.2) is 13.3 Å². The minimum atomic E-state index is -1.22. The van der Waals surface area contributed by atoms with Gasteiger partial charge in [0.05, 0.1) is 10.4 Å². The number of benzene rings is 2. The number of halogens is 1. The number of aromatic nitrogens is 2. The van der Waals surface area contributed by atoms with Crippen LogP contribution in [0.3, 0.4) is 0 Å². The van der Waals surface area contributed by atoms with E-state index < -0.39 is 37.8 Å². The molecule has 0 bridgehead atoms. The molecule has 2 aliphatic heterocycles. The van der Waals surface area contributed by atoms with Crippen LogP contribution in [0, 0.1) is 5.41 Å². The maximum Gasteiger partial charge on any atom is 0.407 e. The van der Waals surface area contributed by atoms with Crippen molar-refractivity contribution >= 4 is 61.4 Å². The average molecular weight is 838 g/mol. The molecule has 0 saturated carbocycles. The summed E-state index contributed by atoms with van der Waals surface area (Å²) in [5, 5.41) is 10.8. The first-order valence-corrected chi connectivity index (χ1v) is 21.3. The van der Waals surface area contributed by atoms with Crippen LogP contribution in [-0.2, 0) is 37.1 Å². The van der Waals surface area contributed by atoms with E-state index in [4.69, 9.17) is 10.5 Å². The Bertz CT molecular complexity index is 1640. The third-order valence-electron chi connectivity index (χ3n) is 9.21. The number of rotatable bonds is 12. The largest absolute Gasteiger partial charge is 0.444 e. The van der Waals surface area contributed by atoms with Crippen LogP contribution >= 0.6 is 21.2 Å². The quantitative estimate of drug-likeness (QED) is 0.0915. The van der Waals surface area contributed by atoms with Crippen molar-refractivity contribution in [1.29, 1.82) is 0 Å². The monoisotopic (exact) mass is 837 g/mol. The van der Waals surface area contributed by atoms with Gasteiger partial charge < -0.3 is 26.0 Å². The van der Waals surface area contributed by atoms with Crippen LogP contribution in [0.15, 0.2) is 47.4 Å². The van der Waals surface area contributed by atoms with Crippen LogP contribution in [0.25, 0.3) is 10.9 Å². The number of anilines is 1. The molecule has 2 amide bonds. The fourth-order valence-electron chi connectivity index (χ4n) is 6.90. The van der Waals surface area contributed by atoms with E-state index in [1.54, 1.807) is 0 Å². The van der Waals surface area contributed by atoms with E-state index in [2.05, 4.69) is 64.8 Å². The first-order chi connectivity index (χ1) is 24.2. The van der Waals surface area contributed by atoms with Gasteiger partial charge in [-0.3, -0.25) is 12.5 Å². The number of piperidine rings is 2. The zero-order valence-electron chi connectivity index (χ0n) is 31.0. The van der Waals surface area contributed by atoms with Crippen LogP contribution in [0.4, 0.5) is 10.6 Å². The Morgan fingerprint density at radius 1 is 1.06 bits per heavy atom. The van der Waals surface area contributed by atoms with Crippen molar-refractivity contribution in [3.8, 4) is 0 Å². The van der Waals surface area contributed by atoms with Gasteiger partial charge in [0.1, 0.15) is 37.8 Å². The Morgan fingerprint density at radius 3 is 2.41 bits per heavy atom. The molecule has 0 radical (unpaired) electrons. The minimum absolute atomic E-state index is 0.0411. The molecule has 1 atom stereocenters. The van der Waals surface area contributed by atoms with Crippen molar-refractivity contribution in [2.75, 3.05) is 49.4 Å². The summed E-state index contributed by atoms with van der Waals surface area (Å²) in [6, 6.07) is 14.9. The van der Waals surface area contributed by atoms with E-state index in [1.165, 1.54) is 11.1 Å².